The van der Waals surface area contributed by atoms with Crippen molar-refractivity contribution in [3.8, 4) is 5.75 Å². The third-order valence-electron chi connectivity index (χ3n) is 4.47. The Morgan fingerprint density at radius 3 is 3.00 bits per heavy atom. The lowest BCUT2D eigenvalue weighted by atomic mass is 10.1. The molecule has 0 fully saturated rings. The zero-order chi connectivity index (χ0) is 17.5. The number of benzene rings is 1. The summed E-state index contributed by atoms with van der Waals surface area (Å²) in [5, 5.41) is 8.96. The number of thiophene rings is 1. The van der Waals surface area contributed by atoms with Gasteiger partial charge >= 0.3 is 0 Å². The van der Waals surface area contributed by atoms with Gasteiger partial charge in [0.05, 0.1) is 7.11 Å². The molecular formula is C19H26N4OS. The van der Waals surface area contributed by atoms with Crippen molar-refractivity contribution in [2.45, 2.75) is 19.5 Å². The SMILES string of the molecule is CN=C(NCCN1CCc2sccc2C1)NCc1ccccc1OC. The van der Waals surface area contributed by atoms with Crippen molar-refractivity contribution in [3.63, 3.8) is 0 Å². The molecule has 5 nitrogen and oxygen atoms in total. The van der Waals surface area contributed by atoms with Gasteiger partial charge in [0.2, 0.25) is 0 Å². The Morgan fingerprint density at radius 2 is 2.16 bits per heavy atom. The first-order valence-corrected chi connectivity index (χ1v) is 9.52. The van der Waals surface area contributed by atoms with Gasteiger partial charge in [-0.05, 0) is 29.5 Å². The van der Waals surface area contributed by atoms with Crippen LogP contribution in [0.3, 0.4) is 0 Å². The van der Waals surface area contributed by atoms with Gasteiger partial charge in [-0.25, -0.2) is 0 Å². The lowest BCUT2D eigenvalue weighted by molar-refractivity contribution is 0.260. The summed E-state index contributed by atoms with van der Waals surface area (Å²) in [6, 6.07) is 10.3. The van der Waals surface area contributed by atoms with E-state index < -0.39 is 0 Å². The lowest BCUT2D eigenvalue weighted by Gasteiger charge is -2.27. The zero-order valence-corrected chi connectivity index (χ0v) is 15.7. The number of para-hydroxylation sites is 1. The first-order chi connectivity index (χ1) is 12.3. The molecule has 0 atom stereocenters. The maximum absolute atomic E-state index is 5.39. The molecule has 2 N–H and O–H groups in total. The van der Waals surface area contributed by atoms with Crippen LogP contribution in [0.25, 0.3) is 0 Å². The third kappa shape index (κ3) is 4.74. The monoisotopic (exact) mass is 358 g/mol. The van der Waals surface area contributed by atoms with Gasteiger partial charge in [0.25, 0.3) is 0 Å². The van der Waals surface area contributed by atoms with Crippen molar-refractivity contribution in [2.75, 3.05) is 33.8 Å². The number of fused-ring (bicyclic) bond motifs is 1. The standard InChI is InChI=1S/C19H26N4OS/c1-20-19(22-13-15-5-3-4-6-17(15)24-2)21-9-11-23-10-7-18-16(14-23)8-12-25-18/h3-6,8,12H,7,9-11,13-14H2,1-2H3,(H2,20,21,22). The van der Waals surface area contributed by atoms with E-state index in [4.69, 9.17) is 4.74 Å². The maximum atomic E-state index is 5.39. The van der Waals surface area contributed by atoms with Crippen LogP contribution in [0.2, 0.25) is 0 Å². The second kappa shape index (κ2) is 8.87. The predicted octanol–water partition coefficient (Wildman–Crippen LogP) is 2.48. The Labute approximate surface area is 153 Å². The van der Waals surface area contributed by atoms with Crippen LogP contribution in [-0.2, 0) is 19.5 Å². The Kier molecular flexibility index (Phi) is 6.30. The van der Waals surface area contributed by atoms with E-state index in [1.165, 1.54) is 12.0 Å². The number of nitrogens with zero attached hydrogens (tertiary/aromatic N) is 2. The van der Waals surface area contributed by atoms with E-state index in [1.54, 1.807) is 19.0 Å². The number of hydrogen-bond donors (Lipinski definition) is 2. The number of hydrogen-bond acceptors (Lipinski definition) is 4. The molecule has 0 saturated carbocycles. The van der Waals surface area contributed by atoms with Gasteiger partial charge < -0.3 is 15.4 Å². The number of ether oxygens (including phenoxy) is 1. The molecule has 0 unspecified atom stereocenters. The Hall–Kier alpha value is -2.05. The molecule has 1 aromatic heterocycles. The molecule has 0 spiro atoms. The van der Waals surface area contributed by atoms with Crippen molar-refractivity contribution in [1.29, 1.82) is 0 Å². The van der Waals surface area contributed by atoms with Gasteiger partial charge in [-0.3, -0.25) is 9.89 Å². The van der Waals surface area contributed by atoms with Crippen molar-refractivity contribution in [3.05, 3.63) is 51.7 Å². The zero-order valence-electron chi connectivity index (χ0n) is 14.9. The summed E-state index contributed by atoms with van der Waals surface area (Å²) >= 11 is 1.89. The van der Waals surface area contributed by atoms with Gasteiger partial charge in [-0.15, -0.1) is 11.3 Å². The van der Waals surface area contributed by atoms with Gasteiger partial charge in [-0.2, -0.15) is 0 Å². The largest absolute Gasteiger partial charge is 0.496 e. The van der Waals surface area contributed by atoms with Crippen LogP contribution in [0.1, 0.15) is 16.0 Å². The number of aliphatic imine (C=N–C) groups is 1. The summed E-state index contributed by atoms with van der Waals surface area (Å²) in [5.41, 5.74) is 2.61. The molecule has 0 aliphatic carbocycles. The van der Waals surface area contributed by atoms with Crippen LogP contribution in [0.15, 0.2) is 40.7 Å². The Morgan fingerprint density at radius 1 is 1.28 bits per heavy atom. The minimum absolute atomic E-state index is 0.686. The quantitative estimate of drug-likeness (QED) is 0.615. The topological polar surface area (TPSA) is 48.9 Å². The molecule has 1 aliphatic heterocycles. The Balaban J connectivity index is 1.42. The highest BCUT2D eigenvalue weighted by atomic mass is 32.1. The van der Waals surface area contributed by atoms with Crippen molar-refractivity contribution >= 4 is 17.3 Å². The minimum Gasteiger partial charge on any atom is -0.496 e. The second-order valence-electron chi connectivity index (χ2n) is 6.06. The highest BCUT2D eigenvalue weighted by Gasteiger charge is 2.16. The van der Waals surface area contributed by atoms with E-state index in [0.29, 0.717) is 6.54 Å². The summed E-state index contributed by atoms with van der Waals surface area (Å²) in [5.74, 6) is 1.71. The van der Waals surface area contributed by atoms with Gasteiger partial charge in [0, 0.05) is 50.2 Å². The van der Waals surface area contributed by atoms with Crippen molar-refractivity contribution in [1.82, 2.24) is 15.5 Å². The van der Waals surface area contributed by atoms with Gasteiger partial charge in [0.1, 0.15) is 5.75 Å². The maximum Gasteiger partial charge on any atom is 0.191 e. The third-order valence-corrected chi connectivity index (χ3v) is 5.49. The predicted molar refractivity (Wildman–Crippen MR) is 104 cm³/mol. The number of rotatable bonds is 6. The first-order valence-electron chi connectivity index (χ1n) is 8.64. The highest BCUT2D eigenvalue weighted by molar-refractivity contribution is 7.10. The molecule has 0 amide bonds. The van der Waals surface area contributed by atoms with E-state index in [-0.39, 0.29) is 0 Å². The summed E-state index contributed by atoms with van der Waals surface area (Å²) in [6.07, 6.45) is 1.17. The molecule has 25 heavy (non-hydrogen) atoms. The van der Waals surface area contributed by atoms with Crippen LogP contribution < -0.4 is 15.4 Å². The van der Waals surface area contributed by atoms with E-state index in [0.717, 1.165) is 43.5 Å². The van der Waals surface area contributed by atoms with Crippen LogP contribution in [0, 0.1) is 0 Å². The number of nitrogens with one attached hydrogen (secondary N) is 2. The molecule has 0 radical (unpaired) electrons. The molecule has 0 saturated heterocycles. The van der Waals surface area contributed by atoms with Crippen LogP contribution in [-0.4, -0.2) is 44.7 Å². The normalized spacial score (nSPS) is 14.9. The van der Waals surface area contributed by atoms with E-state index in [9.17, 15) is 0 Å². The van der Waals surface area contributed by atoms with E-state index in [1.807, 2.05) is 29.5 Å². The minimum atomic E-state index is 0.686. The van der Waals surface area contributed by atoms with Crippen LogP contribution >= 0.6 is 11.3 Å². The smallest absolute Gasteiger partial charge is 0.191 e. The molecule has 2 aromatic rings. The second-order valence-corrected chi connectivity index (χ2v) is 7.06. The molecule has 0 bridgehead atoms. The lowest BCUT2D eigenvalue weighted by Crippen LogP contribution is -2.42. The molecule has 6 heteroatoms. The fourth-order valence-electron chi connectivity index (χ4n) is 3.08. The van der Waals surface area contributed by atoms with Crippen molar-refractivity contribution < 1.29 is 4.74 Å². The molecule has 1 aromatic carbocycles. The van der Waals surface area contributed by atoms with Gasteiger partial charge in [-0.1, -0.05) is 18.2 Å². The summed E-state index contributed by atoms with van der Waals surface area (Å²) < 4.78 is 5.39. The molecule has 2 heterocycles. The van der Waals surface area contributed by atoms with E-state index in [2.05, 4.69) is 38.0 Å². The average molecular weight is 359 g/mol. The van der Waals surface area contributed by atoms with Crippen LogP contribution in [0.4, 0.5) is 0 Å². The number of guanidine groups is 1. The molecule has 134 valence electrons. The fourth-order valence-corrected chi connectivity index (χ4v) is 3.97. The summed E-state index contributed by atoms with van der Waals surface area (Å²) in [6.45, 7) is 4.79. The highest BCUT2D eigenvalue weighted by Crippen LogP contribution is 2.23. The van der Waals surface area contributed by atoms with Crippen molar-refractivity contribution in [2.24, 2.45) is 4.99 Å². The number of methoxy groups -OCH3 is 1. The van der Waals surface area contributed by atoms with E-state index >= 15 is 0 Å². The first kappa shape index (κ1) is 17.8. The fraction of sp³-hybridized carbons (Fsp3) is 0.421. The molecule has 1 aliphatic rings. The Bertz CT molecular complexity index is 713. The molecule has 3 rings (SSSR count). The van der Waals surface area contributed by atoms with Crippen LogP contribution in [0.5, 0.6) is 5.75 Å². The average Bonchev–Trinajstić information content (AvgIpc) is 3.12. The summed E-state index contributed by atoms with van der Waals surface area (Å²) in [4.78, 5) is 8.36. The molecular weight excluding hydrogens is 332 g/mol. The summed E-state index contributed by atoms with van der Waals surface area (Å²) in [7, 11) is 3.50. The van der Waals surface area contributed by atoms with Gasteiger partial charge in [0.15, 0.2) is 5.96 Å².